The van der Waals surface area contributed by atoms with Crippen molar-refractivity contribution in [2.45, 2.75) is 11.7 Å². The van der Waals surface area contributed by atoms with Crippen molar-refractivity contribution in [3.63, 3.8) is 0 Å². The van der Waals surface area contributed by atoms with Crippen LogP contribution in [0.3, 0.4) is 0 Å². The molecule has 0 aliphatic carbocycles. The van der Waals surface area contributed by atoms with Gasteiger partial charge in [0.2, 0.25) is 5.91 Å². The molecule has 1 aliphatic rings. The zero-order chi connectivity index (χ0) is 11.1. The van der Waals surface area contributed by atoms with Gasteiger partial charge in [0.25, 0.3) is 0 Å². The van der Waals surface area contributed by atoms with Gasteiger partial charge in [0.05, 0.1) is 11.9 Å². The Morgan fingerprint density at radius 3 is 2.80 bits per heavy atom. The fourth-order valence-corrected chi connectivity index (χ4v) is 2.17. The smallest absolute Gasteiger partial charge is 0.307 e. The highest BCUT2D eigenvalue weighted by Gasteiger charge is 2.39. The first-order chi connectivity index (χ1) is 6.98. The fraction of sp³-hybridized carbons (Fsp3) is 0.429. The van der Waals surface area contributed by atoms with Crippen molar-refractivity contribution < 1.29 is 17.1 Å². The van der Waals surface area contributed by atoms with Crippen molar-refractivity contribution in [2.75, 3.05) is 11.4 Å². The zero-order valence-electron chi connectivity index (χ0n) is 7.55. The fourth-order valence-electron chi connectivity index (χ4n) is 1.50. The number of carbonyl (C=O) groups excluding carboxylic acids is 1. The van der Waals surface area contributed by atoms with Crippen LogP contribution in [0.5, 0.6) is 0 Å². The summed E-state index contributed by atoms with van der Waals surface area (Å²) >= 11 is 0. The van der Waals surface area contributed by atoms with E-state index in [4.69, 9.17) is 0 Å². The summed E-state index contributed by atoms with van der Waals surface area (Å²) in [6.45, 7) is -0.156. The molecule has 1 aromatic rings. The van der Waals surface area contributed by atoms with Crippen molar-refractivity contribution in [1.29, 1.82) is 0 Å². The number of hydrogen-bond acceptors (Lipinski definition) is 4. The van der Waals surface area contributed by atoms with Gasteiger partial charge < -0.3 is 4.90 Å². The second-order valence-corrected chi connectivity index (χ2v) is 4.88. The zero-order valence-corrected chi connectivity index (χ0v) is 8.37. The maximum absolute atomic E-state index is 12.7. The van der Waals surface area contributed by atoms with Crippen molar-refractivity contribution in [2.24, 2.45) is 0 Å². The third-order valence-corrected chi connectivity index (χ3v) is 3.40. The van der Waals surface area contributed by atoms with Crippen molar-refractivity contribution >= 4 is 21.8 Å². The van der Waals surface area contributed by atoms with Crippen LogP contribution in [0.2, 0.25) is 0 Å². The molecule has 1 fully saturated rings. The minimum atomic E-state index is -4.65. The molecule has 15 heavy (non-hydrogen) atoms. The largest absolute Gasteiger partial charge is 0.308 e. The molecule has 6 nitrogen and oxygen atoms in total. The number of carbonyl (C=O) groups is 1. The molecule has 1 aromatic heterocycles. The number of anilines is 1. The molecule has 2 rings (SSSR count). The molecule has 82 valence electrons. The second kappa shape index (κ2) is 3.30. The Morgan fingerprint density at radius 2 is 2.33 bits per heavy atom. The van der Waals surface area contributed by atoms with E-state index < -0.39 is 21.4 Å². The van der Waals surface area contributed by atoms with E-state index in [0.29, 0.717) is 5.69 Å². The summed E-state index contributed by atoms with van der Waals surface area (Å²) in [6, 6.07) is 0. The Morgan fingerprint density at radius 1 is 1.60 bits per heavy atom. The minimum absolute atomic E-state index is 0.156. The van der Waals surface area contributed by atoms with Gasteiger partial charge in [0.1, 0.15) is 5.25 Å². The molecule has 1 saturated heterocycles. The van der Waals surface area contributed by atoms with Gasteiger partial charge in [-0.2, -0.15) is 13.5 Å². The third-order valence-electron chi connectivity index (χ3n) is 2.28. The number of aromatic nitrogens is 2. The Labute approximate surface area is 85.3 Å². The molecule has 2 heterocycles. The summed E-state index contributed by atoms with van der Waals surface area (Å²) < 4.78 is 33.9. The summed E-state index contributed by atoms with van der Waals surface area (Å²) in [5.74, 6) is -0.414. The van der Waals surface area contributed by atoms with Gasteiger partial charge in [-0.05, 0) is 0 Å². The van der Waals surface area contributed by atoms with E-state index in [-0.39, 0.29) is 13.0 Å². The summed E-state index contributed by atoms with van der Waals surface area (Å²) in [5, 5.41) is 4.86. The quantitative estimate of drug-likeness (QED) is 0.718. The predicted octanol–water partition coefficient (Wildman–Crippen LogP) is -0.186. The minimum Gasteiger partial charge on any atom is -0.308 e. The summed E-state index contributed by atoms with van der Waals surface area (Å²) in [7, 11) is -4.65. The first kappa shape index (κ1) is 10.1. The van der Waals surface area contributed by atoms with E-state index in [9.17, 15) is 17.1 Å². The molecule has 1 unspecified atom stereocenters. The van der Waals surface area contributed by atoms with E-state index in [1.165, 1.54) is 17.3 Å². The van der Waals surface area contributed by atoms with E-state index in [2.05, 4.69) is 10.2 Å². The lowest BCUT2D eigenvalue weighted by Gasteiger charge is -2.12. The Kier molecular flexibility index (Phi) is 2.22. The first-order valence-corrected chi connectivity index (χ1v) is 5.66. The molecule has 1 amide bonds. The van der Waals surface area contributed by atoms with Crippen molar-refractivity contribution in [1.82, 2.24) is 10.2 Å². The molecule has 1 aliphatic heterocycles. The van der Waals surface area contributed by atoms with Crippen molar-refractivity contribution in [3.8, 4) is 0 Å². The predicted molar refractivity (Wildman–Crippen MR) is 49.4 cm³/mol. The van der Waals surface area contributed by atoms with Gasteiger partial charge in [0.15, 0.2) is 0 Å². The van der Waals surface area contributed by atoms with E-state index in [1.807, 2.05) is 0 Å². The number of nitrogens with zero attached hydrogens (tertiary/aromatic N) is 2. The number of hydrogen-bond donors (Lipinski definition) is 1. The molecule has 0 saturated carbocycles. The van der Waals surface area contributed by atoms with Gasteiger partial charge in [-0.3, -0.25) is 9.89 Å². The van der Waals surface area contributed by atoms with E-state index in [0.717, 1.165) is 0 Å². The van der Waals surface area contributed by atoms with Crippen LogP contribution in [0.4, 0.5) is 9.57 Å². The van der Waals surface area contributed by atoms with Gasteiger partial charge in [-0.1, -0.05) is 0 Å². The van der Waals surface area contributed by atoms with E-state index in [1.54, 1.807) is 0 Å². The highest BCUT2D eigenvalue weighted by atomic mass is 32.3. The molecular formula is C7H8FN3O3S. The molecule has 0 bridgehead atoms. The second-order valence-electron chi connectivity index (χ2n) is 3.26. The highest BCUT2D eigenvalue weighted by molar-refractivity contribution is 7.87. The van der Waals surface area contributed by atoms with Crippen LogP contribution in [-0.2, 0) is 15.0 Å². The topological polar surface area (TPSA) is 83.1 Å². The number of nitrogens with one attached hydrogen (secondary N) is 1. The Balaban J connectivity index is 2.23. The monoisotopic (exact) mass is 233 g/mol. The SMILES string of the molecule is O=C1CC(S(=O)(=O)F)CN1c1cn[nH]c1. The lowest BCUT2D eigenvalue weighted by Crippen LogP contribution is -2.26. The number of H-pyrrole nitrogens is 1. The summed E-state index contributed by atoms with van der Waals surface area (Å²) in [4.78, 5) is 12.6. The third kappa shape index (κ3) is 1.84. The normalized spacial score (nSPS) is 22.3. The molecule has 0 spiro atoms. The number of rotatable bonds is 2. The van der Waals surface area contributed by atoms with Gasteiger partial charge in [0, 0.05) is 19.2 Å². The van der Waals surface area contributed by atoms with Gasteiger partial charge in [-0.25, -0.2) is 0 Å². The van der Waals surface area contributed by atoms with Gasteiger partial charge >= 0.3 is 10.2 Å². The number of amides is 1. The van der Waals surface area contributed by atoms with Crippen LogP contribution in [-0.4, -0.2) is 36.3 Å². The molecule has 0 aromatic carbocycles. The van der Waals surface area contributed by atoms with Crippen LogP contribution >= 0.6 is 0 Å². The lowest BCUT2D eigenvalue weighted by molar-refractivity contribution is -0.117. The first-order valence-electron chi connectivity index (χ1n) is 4.21. The molecule has 1 atom stereocenters. The van der Waals surface area contributed by atoms with Crippen LogP contribution in [0, 0.1) is 0 Å². The average molecular weight is 233 g/mol. The van der Waals surface area contributed by atoms with E-state index >= 15 is 0 Å². The molecule has 1 N–H and O–H groups in total. The maximum atomic E-state index is 12.7. The number of halogens is 1. The Bertz CT molecular complexity index is 470. The summed E-state index contributed by atoms with van der Waals surface area (Å²) in [6.07, 6.45) is 2.51. The molecule has 0 radical (unpaired) electrons. The number of aromatic amines is 1. The Hall–Kier alpha value is -1.44. The summed E-state index contributed by atoms with van der Waals surface area (Å²) in [5.41, 5.74) is 0.450. The molecule has 8 heteroatoms. The highest BCUT2D eigenvalue weighted by Crippen LogP contribution is 2.24. The van der Waals surface area contributed by atoms with Crippen molar-refractivity contribution in [3.05, 3.63) is 12.4 Å². The lowest BCUT2D eigenvalue weighted by atomic mass is 10.4. The average Bonchev–Trinajstić information content (AvgIpc) is 2.69. The maximum Gasteiger partial charge on any atom is 0.307 e. The van der Waals surface area contributed by atoms with Crippen LogP contribution in [0.15, 0.2) is 12.4 Å². The van der Waals surface area contributed by atoms with Crippen LogP contribution in [0.1, 0.15) is 6.42 Å². The van der Waals surface area contributed by atoms with Gasteiger partial charge in [-0.15, -0.1) is 3.89 Å². The van der Waals surface area contributed by atoms with Crippen LogP contribution in [0.25, 0.3) is 0 Å². The van der Waals surface area contributed by atoms with Crippen LogP contribution < -0.4 is 4.90 Å². The molecular weight excluding hydrogens is 225 g/mol. The standard InChI is InChI=1S/C7H8FN3O3S/c8-15(13,14)6-1-7(12)11(4-6)5-2-9-10-3-5/h2-3,6H,1,4H2,(H,9,10).